The zero-order valence-corrected chi connectivity index (χ0v) is 20.7. The molecule has 0 saturated heterocycles. The SMILES string of the molecule is CCOC(=O)Cc1ccc(OC)c(Oc2ccc(NC(=O)NCCCl)cc2CSCC(F)(F)F)c1. The van der Waals surface area contributed by atoms with Crippen LogP contribution >= 0.6 is 23.4 Å². The summed E-state index contributed by atoms with van der Waals surface area (Å²) in [6.07, 6.45) is -4.31. The minimum Gasteiger partial charge on any atom is -0.493 e. The molecule has 192 valence electrons. The maximum absolute atomic E-state index is 12.7. The van der Waals surface area contributed by atoms with E-state index in [0.29, 0.717) is 34.3 Å². The molecule has 2 N–H and O–H groups in total. The third-order valence-electron chi connectivity index (χ3n) is 4.32. The molecule has 2 amide bonds. The lowest BCUT2D eigenvalue weighted by atomic mass is 10.1. The van der Waals surface area contributed by atoms with Gasteiger partial charge in [-0.15, -0.1) is 23.4 Å². The molecule has 2 aromatic carbocycles. The van der Waals surface area contributed by atoms with Gasteiger partial charge in [-0.3, -0.25) is 4.79 Å². The number of thioether (sulfide) groups is 1. The number of carbonyl (C=O) groups is 2. The van der Waals surface area contributed by atoms with Crippen molar-refractivity contribution < 1.29 is 37.0 Å². The third-order valence-corrected chi connectivity index (χ3v) is 5.56. The number of hydrogen-bond acceptors (Lipinski definition) is 6. The molecule has 0 atom stereocenters. The van der Waals surface area contributed by atoms with Crippen molar-refractivity contribution in [2.45, 2.75) is 25.3 Å². The van der Waals surface area contributed by atoms with E-state index in [1.165, 1.54) is 19.2 Å². The number of hydrogen-bond donors (Lipinski definition) is 2. The van der Waals surface area contributed by atoms with Crippen molar-refractivity contribution in [3.8, 4) is 17.2 Å². The van der Waals surface area contributed by atoms with Crippen molar-refractivity contribution in [3.05, 3.63) is 47.5 Å². The van der Waals surface area contributed by atoms with Gasteiger partial charge in [-0.05, 0) is 42.8 Å². The van der Waals surface area contributed by atoms with Gasteiger partial charge in [-0.25, -0.2) is 4.79 Å². The maximum Gasteiger partial charge on any atom is 0.397 e. The lowest BCUT2D eigenvalue weighted by Gasteiger charge is -2.16. The molecule has 0 bridgehead atoms. The highest BCUT2D eigenvalue weighted by Crippen LogP contribution is 2.37. The van der Waals surface area contributed by atoms with E-state index < -0.39 is 23.9 Å². The smallest absolute Gasteiger partial charge is 0.397 e. The second kappa shape index (κ2) is 13.9. The largest absolute Gasteiger partial charge is 0.493 e. The van der Waals surface area contributed by atoms with Crippen LogP contribution in [0.3, 0.4) is 0 Å². The number of rotatable bonds is 12. The summed E-state index contributed by atoms with van der Waals surface area (Å²) in [6.45, 7) is 2.21. The van der Waals surface area contributed by atoms with Crippen molar-refractivity contribution in [3.63, 3.8) is 0 Å². The molecule has 7 nitrogen and oxygen atoms in total. The van der Waals surface area contributed by atoms with Crippen LogP contribution in [0.1, 0.15) is 18.1 Å². The molecule has 0 spiro atoms. The van der Waals surface area contributed by atoms with E-state index in [9.17, 15) is 22.8 Å². The van der Waals surface area contributed by atoms with E-state index >= 15 is 0 Å². The third kappa shape index (κ3) is 10.2. The summed E-state index contributed by atoms with van der Waals surface area (Å²) in [5, 5.41) is 5.15. The topological polar surface area (TPSA) is 85.9 Å². The Hall–Kier alpha value is -2.79. The molecule has 0 aliphatic carbocycles. The van der Waals surface area contributed by atoms with Gasteiger partial charge in [-0.1, -0.05) is 6.07 Å². The van der Waals surface area contributed by atoms with E-state index in [2.05, 4.69) is 10.6 Å². The van der Waals surface area contributed by atoms with Crippen LogP contribution in [0.25, 0.3) is 0 Å². The zero-order valence-electron chi connectivity index (χ0n) is 19.2. The summed E-state index contributed by atoms with van der Waals surface area (Å²) in [5.41, 5.74) is 1.41. The summed E-state index contributed by atoms with van der Waals surface area (Å²) in [4.78, 5) is 23.8. The van der Waals surface area contributed by atoms with Gasteiger partial charge in [0.05, 0.1) is 25.9 Å². The standard InChI is InChI=1S/C23H26ClF3N2O5S/c1-3-33-21(30)11-15-4-6-19(32-2)20(10-15)34-18-7-5-17(29-22(31)28-9-8-24)12-16(18)13-35-14-23(25,26)27/h4-7,10,12H,3,8-9,11,13-14H2,1-2H3,(H2,28,29,31). The average Bonchev–Trinajstić information content (AvgIpc) is 2.79. The highest BCUT2D eigenvalue weighted by molar-refractivity contribution is 7.98. The average molecular weight is 535 g/mol. The van der Waals surface area contributed by atoms with Crippen LogP contribution in [-0.2, 0) is 21.7 Å². The fraction of sp³-hybridized carbons (Fsp3) is 0.391. The Balaban J connectivity index is 2.30. The summed E-state index contributed by atoms with van der Waals surface area (Å²) in [6, 6.07) is 9.05. The highest BCUT2D eigenvalue weighted by Gasteiger charge is 2.27. The lowest BCUT2D eigenvalue weighted by molar-refractivity contribution is -0.142. The summed E-state index contributed by atoms with van der Waals surface area (Å²) in [7, 11) is 1.44. The van der Waals surface area contributed by atoms with Crippen LogP contribution in [-0.4, -0.2) is 50.1 Å². The first kappa shape index (κ1) is 28.4. The number of urea groups is 1. The number of halogens is 4. The monoisotopic (exact) mass is 534 g/mol. The number of carbonyl (C=O) groups excluding carboxylic acids is 2. The molecule has 0 saturated carbocycles. The normalized spacial score (nSPS) is 11.0. The molecule has 35 heavy (non-hydrogen) atoms. The van der Waals surface area contributed by atoms with Crippen molar-refractivity contribution in [1.29, 1.82) is 0 Å². The van der Waals surface area contributed by atoms with Gasteiger partial charge >= 0.3 is 18.2 Å². The van der Waals surface area contributed by atoms with Gasteiger partial charge in [0, 0.05) is 29.4 Å². The van der Waals surface area contributed by atoms with Crippen LogP contribution in [0.2, 0.25) is 0 Å². The second-order valence-electron chi connectivity index (χ2n) is 7.07. The Morgan fingerprint density at radius 1 is 1.09 bits per heavy atom. The van der Waals surface area contributed by atoms with Crippen LogP contribution in [0.4, 0.5) is 23.7 Å². The van der Waals surface area contributed by atoms with Crippen molar-refractivity contribution in [1.82, 2.24) is 5.32 Å². The summed E-state index contributed by atoms with van der Waals surface area (Å²) < 4.78 is 54.4. The number of alkyl halides is 4. The van der Waals surface area contributed by atoms with Crippen molar-refractivity contribution >= 4 is 41.1 Å². The number of benzene rings is 2. The van der Waals surface area contributed by atoms with E-state index in [4.69, 9.17) is 25.8 Å². The molecule has 0 unspecified atom stereocenters. The second-order valence-corrected chi connectivity index (χ2v) is 8.43. The first-order valence-electron chi connectivity index (χ1n) is 10.5. The van der Waals surface area contributed by atoms with Crippen LogP contribution in [0, 0.1) is 0 Å². The molecule has 0 heterocycles. The van der Waals surface area contributed by atoms with Crippen molar-refractivity contribution in [2.24, 2.45) is 0 Å². The first-order chi connectivity index (χ1) is 16.6. The number of nitrogens with one attached hydrogen (secondary N) is 2. The molecule has 0 fully saturated rings. The van der Waals surface area contributed by atoms with Gasteiger partial charge < -0.3 is 24.8 Å². The van der Waals surface area contributed by atoms with E-state index in [0.717, 1.165) is 0 Å². The Kier molecular flexibility index (Phi) is 11.3. The Labute approximate surface area is 210 Å². The summed E-state index contributed by atoms with van der Waals surface area (Å²) >= 11 is 6.22. The fourth-order valence-corrected chi connectivity index (χ4v) is 3.76. The van der Waals surface area contributed by atoms with Gasteiger partial charge in [-0.2, -0.15) is 13.2 Å². The fourth-order valence-electron chi connectivity index (χ4n) is 2.89. The maximum atomic E-state index is 12.7. The predicted octanol–water partition coefficient (Wildman–Crippen LogP) is 5.75. The molecule has 0 aliphatic heterocycles. The number of esters is 1. The minimum absolute atomic E-state index is 0.0166. The zero-order chi connectivity index (χ0) is 25.8. The first-order valence-corrected chi connectivity index (χ1v) is 12.2. The number of methoxy groups -OCH3 is 1. The van der Waals surface area contributed by atoms with Crippen LogP contribution in [0.5, 0.6) is 17.2 Å². The number of anilines is 1. The number of ether oxygens (including phenoxy) is 3. The number of amides is 2. The Bertz CT molecular complexity index is 1010. The van der Waals surface area contributed by atoms with Crippen LogP contribution in [0.15, 0.2) is 36.4 Å². The molecule has 0 aromatic heterocycles. The predicted molar refractivity (Wildman–Crippen MR) is 130 cm³/mol. The van der Waals surface area contributed by atoms with Gasteiger partial charge in [0.2, 0.25) is 0 Å². The van der Waals surface area contributed by atoms with Gasteiger partial charge in [0.25, 0.3) is 0 Å². The molecule has 12 heteroatoms. The van der Waals surface area contributed by atoms with Gasteiger partial charge in [0.15, 0.2) is 11.5 Å². The molecule has 2 aromatic rings. The highest BCUT2D eigenvalue weighted by atomic mass is 35.5. The van der Waals surface area contributed by atoms with Crippen molar-refractivity contribution in [2.75, 3.05) is 37.2 Å². The van der Waals surface area contributed by atoms with Crippen LogP contribution < -0.4 is 20.1 Å². The lowest BCUT2D eigenvalue weighted by Crippen LogP contribution is -2.30. The molecular formula is C23H26ClF3N2O5S. The molecule has 2 rings (SSSR count). The summed E-state index contributed by atoms with van der Waals surface area (Å²) in [5.74, 6) is -0.326. The van der Waals surface area contributed by atoms with Gasteiger partial charge in [0.1, 0.15) is 5.75 Å². The van der Waals surface area contributed by atoms with E-state index in [1.807, 2.05) is 0 Å². The Morgan fingerprint density at radius 3 is 2.49 bits per heavy atom. The van der Waals surface area contributed by atoms with E-state index in [1.54, 1.807) is 31.2 Å². The quantitative estimate of drug-likeness (QED) is 0.266. The molecule has 0 aliphatic rings. The molecular weight excluding hydrogens is 509 g/mol. The Morgan fingerprint density at radius 2 is 1.83 bits per heavy atom. The molecule has 0 radical (unpaired) electrons. The minimum atomic E-state index is -4.33. The van der Waals surface area contributed by atoms with E-state index in [-0.39, 0.29) is 42.7 Å².